The summed E-state index contributed by atoms with van der Waals surface area (Å²) in [5, 5.41) is 0. The molecular weight excluding hydrogens is 419 g/mol. The van der Waals surface area contributed by atoms with Crippen molar-refractivity contribution in [2.75, 3.05) is 19.6 Å². The van der Waals surface area contributed by atoms with E-state index in [1.807, 2.05) is 0 Å². The summed E-state index contributed by atoms with van der Waals surface area (Å²) >= 11 is 0. The summed E-state index contributed by atoms with van der Waals surface area (Å²) < 4.78 is 41.2. The smallest absolute Gasteiger partial charge is 0.243 e. The standard InChI is InChI=1S/C23H27FN2O4S/c1-18(27)20-8-12-22(13-9-20)31(29,30)26(16-19-6-10-21(24)11-7-19)17-23(28)25-14-4-2-3-5-15-25/h6-13H,2-5,14-17H2,1H3. The molecule has 1 amide bonds. The van der Waals surface area contributed by atoms with E-state index >= 15 is 0 Å². The summed E-state index contributed by atoms with van der Waals surface area (Å²) in [6.45, 7) is 2.29. The average molecular weight is 447 g/mol. The number of ketones is 1. The number of halogens is 1. The monoisotopic (exact) mass is 446 g/mol. The van der Waals surface area contributed by atoms with Gasteiger partial charge in [0.2, 0.25) is 15.9 Å². The van der Waals surface area contributed by atoms with Gasteiger partial charge in [0.15, 0.2) is 5.78 Å². The summed E-state index contributed by atoms with van der Waals surface area (Å²) in [6.07, 6.45) is 3.93. The van der Waals surface area contributed by atoms with Crippen LogP contribution in [-0.4, -0.2) is 48.9 Å². The molecule has 0 saturated carbocycles. The van der Waals surface area contributed by atoms with Crippen molar-refractivity contribution < 1.29 is 22.4 Å². The van der Waals surface area contributed by atoms with Gasteiger partial charge in [0, 0.05) is 25.2 Å². The van der Waals surface area contributed by atoms with E-state index < -0.39 is 15.8 Å². The van der Waals surface area contributed by atoms with Crippen molar-refractivity contribution in [2.45, 2.75) is 44.0 Å². The number of benzene rings is 2. The van der Waals surface area contributed by atoms with E-state index in [4.69, 9.17) is 0 Å². The fraction of sp³-hybridized carbons (Fsp3) is 0.391. The number of Topliss-reactive ketones (excluding diaryl/α,β-unsaturated/α-hetero) is 1. The van der Waals surface area contributed by atoms with E-state index in [1.54, 1.807) is 4.90 Å². The normalized spacial score (nSPS) is 15.0. The molecule has 0 radical (unpaired) electrons. The van der Waals surface area contributed by atoms with Gasteiger partial charge in [-0.25, -0.2) is 12.8 Å². The molecule has 6 nitrogen and oxygen atoms in total. The van der Waals surface area contributed by atoms with Crippen LogP contribution in [-0.2, 0) is 21.4 Å². The second kappa shape index (κ2) is 10.2. The Morgan fingerprint density at radius 2 is 1.52 bits per heavy atom. The zero-order valence-corrected chi connectivity index (χ0v) is 18.4. The summed E-state index contributed by atoms with van der Waals surface area (Å²) in [4.78, 5) is 26.2. The van der Waals surface area contributed by atoms with Crippen LogP contribution in [0.4, 0.5) is 4.39 Å². The number of nitrogens with zero attached hydrogens (tertiary/aromatic N) is 2. The van der Waals surface area contributed by atoms with E-state index in [9.17, 15) is 22.4 Å². The maximum Gasteiger partial charge on any atom is 0.243 e. The molecule has 0 aliphatic carbocycles. The molecule has 1 saturated heterocycles. The van der Waals surface area contributed by atoms with E-state index in [-0.39, 0.29) is 29.7 Å². The minimum Gasteiger partial charge on any atom is -0.342 e. The molecule has 1 aliphatic heterocycles. The molecule has 3 rings (SSSR count). The van der Waals surface area contributed by atoms with Gasteiger partial charge >= 0.3 is 0 Å². The Morgan fingerprint density at radius 1 is 0.935 bits per heavy atom. The molecule has 1 aliphatic rings. The first-order chi connectivity index (χ1) is 14.8. The number of amides is 1. The second-order valence-electron chi connectivity index (χ2n) is 7.78. The topological polar surface area (TPSA) is 74.8 Å². The predicted octanol–water partition coefficient (Wildman–Crippen LogP) is 3.62. The molecule has 0 spiro atoms. The quantitative estimate of drug-likeness (QED) is 0.609. The van der Waals surface area contributed by atoms with Crippen LogP contribution in [0, 0.1) is 5.82 Å². The van der Waals surface area contributed by atoms with Gasteiger partial charge in [0.1, 0.15) is 5.82 Å². The van der Waals surface area contributed by atoms with Crippen molar-refractivity contribution in [3.05, 3.63) is 65.5 Å². The third kappa shape index (κ3) is 5.98. The Hall–Kier alpha value is -2.58. The highest BCUT2D eigenvalue weighted by molar-refractivity contribution is 7.89. The molecule has 2 aromatic carbocycles. The summed E-state index contributed by atoms with van der Waals surface area (Å²) in [5.74, 6) is -0.824. The molecule has 166 valence electrons. The van der Waals surface area contributed by atoms with Crippen molar-refractivity contribution in [3.63, 3.8) is 0 Å². The molecule has 2 aromatic rings. The third-order valence-electron chi connectivity index (χ3n) is 5.44. The van der Waals surface area contributed by atoms with Crippen LogP contribution in [0.2, 0.25) is 0 Å². The van der Waals surface area contributed by atoms with Gasteiger partial charge < -0.3 is 4.90 Å². The molecule has 0 bridgehead atoms. The number of sulfonamides is 1. The van der Waals surface area contributed by atoms with Crippen LogP contribution in [0.1, 0.15) is 48.5 Å². The first-order valence-electron chi connectivity index (χ1n) is 10.4. The molecule has 8 heteroatoms. The second-order valence-corrected chi connectivity index (χ2v) is 9.71. The van der Waals surface area contributed by atoms with Crippen LogP contribution in [0.25, 0.3) is 0 Å². The Labute approximate surface area is 182 Å². The zero-order chi connectivity index (χ0) is 22.4. The van der Waals surface area contributed by atoms with Crippen molar-refractivity contribution >= 4 is 21.7 Å². The number of carbonyl (C=O) groups is 2. The minimum atomic E-state index is -4.01. The van der Waals surface area contributed by atoms with Crippen LogP contribution in [0.5, 0.6) is 0 Å². The molecule has 31 heavy (non-hydrogen) atoms. The lowest BCUT2D eigenvalue weighted by atomic mass is 10.2. The molecule has 0 aromatic heterocycles. The molecular formula is C23H27FN2O4S. The first kappa shape index (κ1) is 23.1. The number of rotatable bonds is 7. The molecule has 0 unspecified atom stereocenters. The molecule has 1 fully saturated rings. The van der Waals surface area contributed by atoms with Gasteiger partial charge in [-0.05, 0) is 49.6 Å². The van der Waals surface area contributed by atoms with E-state index in [0.29, 0.717) is 24.2 Å². The van der Waals surface area contributed by atoms with Gasteiger partial charge in [-0.1, -0.05) is 37.1 Å². The van der Waals surface area contributed by atoms with E-state index in [2.05, 4.69) is 0 Å². The fourth-order valence-electron chi connectivity index (χ4n) is 3.60. The maximum atomic E-state index is 13.4. The number of carbonyl (C=O) groups excluding carboxylic acids is 2. The lowest BCUT2D eigenvalue weighted by Crippen LogP contribution is -2.43. The Bertz CT molecular complexity index is 1010. The lowest BCUT2D eigenvalue weighted by Gasteiger charge is -2.26. The SMILES string of the molecule is CC(=O)c1ccc(S(=O)(=O)N(CC(=O)N2CCCCCC2)Cc2ccc(F)cc2)cc1. The lowest BCUT2D eigenvalue weighted by molar-refractivity contribution is -0.131. The molecule has 0 N–H and O–H groups in total. The molecule has 0 atom stereocenters. The maximum absolute atomic E-state index is 13.4. The highest BCUT2D eigenvalue weighted by Gasteiger charge is 2.29. The summed E-state index contributed by atoms with van der Waals surface area (Å²) in [6, 6.07) is 11.2. The molecule has 1 heterocycles. The largest absolute Gasteiger partial charge is 0.342 e. The Morgan fingerprint density at radius 3 is 2.06 bits per heavy atom. The number of hydrogen-bond donors (Lipinski definition) is 0. The first-order valence-corrected chi connectivity index (χ1v) is 11.8. The zero-order valence-electron chi connectivity index (χ0n) is 17.6. The summed E-state index contributed by atoms with van der Waals surface area (Å²) in [7, 11) is -4.01. The van der Waals surface area contributed by atoms with Crippen LogP contribution < -0.4 is 0 Å². The highest BCUT2D eigenvalue weighted by atomic mass is 32.2. The van der Waals surface area contributed by atoms with Gasteiger partial charge in [-0.15, -0.1) is 0 Å². The Balaban J connectivity index is 1.88. The summed E-state index contributed by atoms with van der Waals surface area (Å²) in [5.41, 5.74) is 0.985. The minimum absolute atomic E-state index is 0.00304. The van der Waals surface area contributed by atoms with Gasteiger partial charge in [-0.2, -0.15) is 4.31 Å². The van der Waals surface area contributed by atoms with Gasteiger partial charge in [0.25, 0.3) is 0 Å². The van der Waals surface area contributed by atoms with Crippen molar-refractivity contribution in [1.29, 1.82) is 0 Å². The third-order valence-corrected chi connectivity index (χ3v) is 7.25. The number of hydrogen-bond acceptors (Lipinski definition) is 4. The fourth-order valence-corrected chi connectivity index (χ4v) is 4.98. The number of likely N-dealkylation sites (tertiary alicyclic amines) is 1. The van der Waals surface area contributed by atoms with Crippen molar-refractivity contribution in [1.82, 2.24) is 9.21 Å². The average Bonchev–Trinajstić information content (AvgIpc) is 3.04. The van der Waals surface area contributed by atoms with Crippen molar-refractivity contribution in [3.8, 4) is 0 Å². The van der Waals surface area contributed by atoms with Crippen molar-refractivity contribution in [2.24, 2.45) is 0 Å². The van der Waals surface area contributed by atoms with E-state index in [1.165, 1.54) is 55.5 Å². The Kier molecular flexibility index (Phi) is 7.56. The van der Waals surface area contributed by atoms with Crippen LogP contribution in [0.3, 0.4) is 0 Å². The predicted molar refractivity (Wildman–Crippen MR) is 115 cm³/mol. The van der Waals surface area contributed by atoms with Crippen LogP contribution in [0.15, 0.2) is 53.4 Å². The van der Waals surface area contributed by atoms with Gasteiger partial charge in [-0.3, -0.25) is 9.59 Å². The highest BCUT2D eigenvalue weighted by Crippen LogP contribution is 2.21. The van der Waals surface area contributed by atoms with Crippen LogP contribution >= 0.6 is 0 Å². The van der Waals surface area contributed by atoms with E-state index in [0.717, 1.165) is 30.0 Å². The van der Waals surface area contributed by atoms with Gasteiger partial charge in [0.05, 0.1) is 11.4 Å².